The van der Waals surface area contributed by atoms with Crippen molar-refractivity contribution in [1.29, 1.82) is 0 Å². The number of aliphatic hydroxyl groups excluding tert-OH is 4. The highest BCUT2D eigenvalue weighted by Crippen LogP contribution is 2.03. The zero-order valence-corrected chi connectivity index (χ0v) is 9.35. The van der Waals surface area contributed by atoms with Crippen molar-refractivity contribution in [2.45, 2.75) is 31.3 Å². The topological polar surface area (TPSA) is 127 Å². The molecule has 5 N–H and O–H groups in total. The zero-order valence-electron chi connectivity index (χ0n) is 9.35. The van der Waals surface area contributed by atoms with Crippen LogP contribution in [0.2, 0.25) is 0 Å². The first-order valence-corrected chi connectivity index (χ1v) is 5.01. The Morgan fingerprint density at radius 1 is 1.29 bits per heavy atom. The van der Waals surface area contributed by atoms with E-state index in [0.717, 1.165) is 6.08 Å². The molecule has 0 fully saturated rings. The van der Waals surface area contributed by atoms with Crippen molar-refractivity contribution in [1.82, 2.24) is 5.32 Å². The highest BCUT2D eigenvalue weighted by molar-refractivity contribution is 5.89. The third-order valence-corrected chi connectivity index (χ3v) is 2.07. The fraction of sp³-hybridized carbons (Fsp3) is 0.600. The lowest BCUT2D eigenvalue weighted by Crippen LogP contribution is -2.53. The van der Waals surface area contributed by atoms with Gasteiger partial charge in [0.15, 0.2) is 0 Å². The Hall–Kier alpha value is -1.28. The van der Waals surface area contributed by atoms with E-state index in [1.165, 1.54) is 6.08 Å². The molecule has 0 unspecified atom stereocenters. The molecule has 7 nitrogen and oxygen atoms in total. The van der Waals surface area contributed by atoms with Crippen LogP contribution in [0.4, 0.5) is 0 Å². The monoisotopic (exact) mass is 247 g/mol. The number of allylic oxidation sites excluding steroid dienone is 1. The van der Waals surface area contributed by atoms with Gasteiger partial charge in [-0.2, -0.15) is 0 Å². The molecule has 0 bridgehead atoms. The standard InChI is InChI=1S/C10H17NO6/c1-2-3-8(15)11-6(4-12)9(16)10(17)7(14)5-13/h2-4,6-7,9-10,13-14,16-17H,5H2,1H3,(H,11,15)/b3-2+/t6-,7-,9-,10-/m1/s1. The third kappa shape index (κ3) is 5.05. The molecule has 7 heteroatoms. The van der Waals surface area contributed by atoms with E-state index in [1.54, 1.807) is 6.92 Å². The summed E-state index contributed by atoms with van der Waals surface area (Å²) in [5, 5.41) is 38.6. The van der Waals surface area contributed by atoms with E-state index >= 15 is 0 Å². The van der Waals surface area contributed by atoms with Gasteiger partial charge < -0.3 is 30.5 Å². The molecule has 0 saturated carbocycles. The molecule has 0 aromatic rings. The Kier molecular flexibility index (Phi) is 7.31. The molecule has 0 radical (unpaired) electrons. The second-order valence-electron chi connectivity index (χ2n) is 3.40. The normalized spacial score (nSPS) is 18.4. The molecular formula is C10H17NO6. The molecule has 17 heavy (non-hydrogen) atoms. The van der Waals surface area contributed by atoms with Crippen LogP contribution in [0.1, 0.15) is 6.92 Å². The zero-order chi connectivity index (χ0) is 13.4. The van der Waals surface area contributed by atoms with Crippen molar-refractivity contribution in [3.8, 4) is 0 Å². The molecule has 98 valence electrons. The molecule has 0 spiro atoms. The van der Waals surface area contributed by atoms with Gasteiger partial charge in [-0.15, -0.1) is 0 Å². The summed E-state index contributed by atoms with van der Waals surface area (Å²) in [7, 11) is 0. The van der Waals surface area contributed by atoms with Gasteiger partial charge in [-0.3, -0.25) is 4.79 Å². The van der Waals surface area contributed by atoms with Crippen LogP contribution in [0.25, 0.3) is 0 Å². The summed E-state index contributed by atoms with van der Waals surface area (Å²) in [5.41, 5.74) is 0. The maximum absolute atomic E-state index is 11.1. The molecule has 0 aliphatic heterocycles. The average Bonchev–Trinajstić information content (AvgIpc) is 2.33. The van der Waals surface area contributed by atoms with Crippen LogP contribution in [0.15, 0.2) is 12.2 Å². The maximum Gasteiger partial charge on any atom is 0.244 e. The van der Waals surface area contributed by atoms with Crippen LogP contribution < -0.4 is 5.32 Å². The molecule has 0 rings (SSSR count). The van der Waals surface area contributed by atoms with Crippen molar-refractivity contribution < 1.29 is 30.0 Å². The van der Waals surface area contributed by atoms with Gasteiger partial charge in [0.25, 0.3) is 0 Å². The largest absolute Gasteiger partial charge is 0.394 e. The molecule has 0 heterocycles. The molecular weight excluding hydrogens is 230 g/mol. The lowest BCUT2D eigenvalue weighted by molar-refractivity contribution is -0.128. The number of hydrogen-bond acceptors (Lipinski definition) is 6. The summed E-state index contributed by atoms with van der Waals surface area (Å²) in [4.78, 5) is 21.8. The molecule has 0 aromatic carbocycles. The number of amides is 1. The minimum atomic E-state index is -1.74. The number of rotatable bonds is 7. The van der Waals surface area contributed by atoms with E-state index in [2.05, 4.69) is 5.32 Å². The first kappa shape index (κ1) is 15.7. The Labute approximate surface area is 98.4 Å². The van der Waals surface area contributed by atoms with Crippen LogP contribution >= 0.6 is 0 Å². The van der Waals surface area contributed by atoms with Crippen molar-refractivity contribution >= 4 is 12.2 Å². The molecule has 4 atom stereocenters. The molecule has 0 aliphatic rings. The Balaban J connectivity index is 4.54. The van der Waals surface area contributed by atoms with Gasteiger partial charge in [0.1, 0.15) is 30.6 Å². The highest BCUT2D eigenvalue weighted by Gasteiger charge is 2.31. The predicted molar refractivity (Wildman–Crippen MR) is 57.9 cm³/mol. The van der Waals surface area contributed by atoms with E-state index in [0.29, 0.717) is 0 Å². The summed E-state index contributed by atoms with van der Waals surface area (Å²) in [5.74, 6) is -0.616. The first-order chi connectivity index (χ1) is 7.97. The number of carbonyl (C=O) groups is 2. The van der Waals surface area contributed by atoms with Crippen LogP contribution in [0.3, 0.4) is 0 Å². The van der Waals surface area contributed by atoms with E-state index in [1.807, 2.05) is 0 Å². The SMILES string of the molecule is C/C=C/C(=O)N[C@H](C=O)[C@@H](O)[C@H](O)[C@H](O)CO. The average molecular weight is 247 g/mol. The van der Waals surface area contributed by atoms with Crippen LogP contribution in [0.5, 0.6) is 0 Å². The summed E-state index contributed by atoms with van der Waals surface area (Å²) < 4.78 is 0. The van der Waals surface area contributed by atoms with Gasteiger partial charge in [-0.25, -0.2) is 0 Å². The summed E-state index contributed by atoms with van der Waals surface area (Å²) in [6, 6.07) is -1.37. The molecule has 0 aliphatic carbocycles. The summed E-state index contributed by atoms with van der Waals surface area (Å²) >= 11 is 0. The predicted octanol–water partition coefficient (Wildman–Crippen LogP) is -2.68. The number of aldehydes is 1. The number of nitrogens with one attached hydrogen (secondary N) is 1. The van der Waals surface area contributed by atoms with Crippen molar-refractivity contribution in [2.24, 2.45) is 0 Å². The van der Waals surface area contributed by atoms with Crippen LogP contribution in [-0.2, 0) is 9.59 Å². The van der Waals surface area contributed by atoms with Crippen molar-refractivity contribution in [3.05, 3.63) is 12.2 Å². The Morgan fingerprint density at radius 2 is 1.88 bits per heavy atom. The molecule has 0 saturated heterocycles. The van der Waals surface area contributed by atoms with Crippen LogP contribution in [-0.4, -0.2) is 63.6 Å². The number of hydrogen-bond donors (Lipinski definition) is 5. The Bertz CT molecular complexity index is 280. The van der Waals surface area contributed by atoms with E-state index in [4.69, 9.17) is 10.2 Å². The number of aliphatic hydroxyl groups is 4. The van der Waals surface area contributed by atoms with E-state index in [9.17, 15) is 19.8 Å². The van der Waals surface area contributed by atoms with Gasteiger partial charge in [-0.05, 0) is 13.0 Å². The number of carbonyl (C=O) groups excluding carboxylic acids is 2. The second-order valence-corrected chi connectivity index (χ2v) is 3.40. The summed E-state index contributed by atoms with van der Waals surface area (Å²) in [6.07, 6.45) is -2.23. The minimum Gasteiger partial charge on any atom is -0.394 e. The third-order valence-electron chi connectivity index (χ3n) is 2.07. The maximum atomic E-state index is 11.1. The van der Waals surface area contributed by atoms with Gasteiger partial charge in [0.05, 0.1) is 6.61 Å². The smallest absolute Gasteiger partial charge is 0.244 e. The van der Waals surface area contributed by atoms with Gasteiger partial charge >= 0.3 is 0 Å². The van der Waals surface area contributed by atoms with E-state index < -0.39 is 36.9 Å². The first-order valence-electron chi connectivity index (χ1n) is 5.01. The fourth-order valence-electron chi connectivity index (χ4n) is 1.11. The van der Waals surface area contributed by atoms with Gasteiger partial charge in [0, 0.05) is 0 Å². The fourth-order valence-corrected chi connectivity index (χ4v) is 1.11. The summed E-state index contributed by atoms with van der Waals surface area (Å²) in [6.45, 7) is 0.822. The van der Waals surface area contributed by atoms with Crippen LogP contribution in [0, 0.1) is 0 Å². The minimum absolute atomic E-state index is 0.235. The van der Waals surface area contributed by atoms with Crippen molar-refractivity contribution in [3.63, 3.8) is 0 Å². The lowest BCUT2D eigenvalue weighted by Gasteiger charge is -2.25. The highest BCUT2D eigenvalue weighted by atomic mass is 16.4. The molecule has 1 amide bonds. The quantitative estimate of drug-likeness (QED) is 0.246. The molecule has 0 aromatic heterocycles. The lowest BCUT2D eigenvalue weighted by atomic mass is 10.0. The second kappa shape index (κ2) is 7.91. The Morgan fingerprint density at radius 3 is 2.29 bits per heavy atom. The van der Waals surface area contributed by atoms with Crippen molar-refractivity contribution in [2.75, 3.05) is 6.61 Å². The van der Waals surface area contributed by atoms with Gasteiger partial charge in [-0.1, -0.05) is 6.08 Å². The van der Waals surface area contributed by atoms with Gasteiger partial charge in [0.2, 0.25) is 5.91 Å². The van der Waals surface area contributed by atoms with E-state index in [-0.39, 0.29) is 6.29 Å².